The quantitative estimate of drug-likeness (QED) is 0.286. The van der Waals surface area contributed by atoms with Crippen LogP contribution >= 0.6 is 0 Å². The highest BCUT2D eigenvalue weighted by molar-refractivity contribution is 6.10. The van der Waals surface area contributed by atoms with E-state index in [2.05, 4.69) is 49.2 Å². The molecule has 2 heterocycles. The Morgan fingerprint density at radius 1 is 1.41 bits per heavy atom. The van der Waals surface area contributed by atoms with E-state index in [0.29, 0.717) is 6.54 Å². The zero-order valence-corrected chi connectivity index (χ0v) is 15.8. The van der Waals surface area contributed by atoms with Gasteiger partial charge in [-0.2, -0.15) is 10.2 Å². The fourth-order valence-corrected chi connectivity index (χ4v) is 3.29. The standard InChI is InChI=1S/C20H27N7/c1-15(16-7-11-27(12-8-16)10-4-3-9-23-21)20(22-2)25-18-5-6-19-17(13-18)14-24-26-19/h5-7,13-14,21H,1,3-4,8-12H2,2H3,(H,22,25)(H,24,26). The summed E-state index contributed by atoms with van der Waals surface area (Å²) in [6.07, 6.45) is 7.12. The molecule has 7 nitrogen and oxygen atoms in total. The van der Waals surface area contributed by atoms with E-state index in [1.54, 1.807) is 7.05 Å². The summed E-state index contributed by atoms with van der Waals surface area (Å²) in [5.74, 6) is 0.801. The number of benzene rings is 1. The lowest BCUT2D eigenvalue weighted by Crippen LogP contribution is -2.31. The van der Waals surface area contributed by atoms with Crippen LogP contribution in [0.3, 0.4) is 0 Å². The third-order valence-electron chi connectivity index (χ3n) is 4.89. The third kappa shape index (κ3) is 4.89. The van der Waals surface area contributed by atoms with Crippen LogP contribution in [0, 0.1) is 5.53 Å². The van der Waals surface area contributed by atoms with Crippen LogP contribution in [0.4, 0.5) is 5.69 Å². The largest absolute Gasteiger partial charge is 0.340 e. The predicted molar refractivity (Wildman–Crippen MR) is 111 cm³/mol. The molecule has 2 aromatic rings. The molecular weight excluding hydrogens is 338 g/mol. The molecule has 1 aromatic heterocycles. The molecule has 0 saturated carbocycles. The minimum atomic E-state index is 0.637. The van der Waals surface area contributed by atoms with Crippen molar-refractivity contribution in [2.24, 2.45) is 10.1 Å². The summed E-state index contributed by atoms with van der Waals surface area (Å²) in [5, 5.41) is 14.9. The van der Waals surface area contributed by atoms with E-state index in [0.717, 1.165) is 66.9 Å². The maximum atomic E-state index is 6.84. The van der Waals surface area contributed by atoms with Gasteiger partial charge in [0.15, 0.2) is 0 Å². The van der Waals surface area contributed by atoms with E-state index in [4.69, 9.17) is 5.53 Å². The van der Waals surface area contributed by atoms with Crippen LogP contribution in [0.15, 0.2) is 58.3 Å². The Balaban J connectivity index is 1.58. The lowest BCUT2D eigenvalue weighted by molar-refractivity contribution is 0.289. The Kier molecular flexibility index (Phi) is 6.49. The number of nitrogens with zero attached hydrogens (tertiary/aromatic N) is 4. The average molecular weight is 365 g/mol. The first-order valence-electron chi connectivity index (χ1n) is 9.32. The van der Waals surface area contributed by atoms with E-state index in [-0.39, 0.29) is 0 Å². The van der Waals surface area contributed by atoms with Crippen LogP contribution < -0.4 is 5.32 Å². The van der Waals surface area contributed by atoms with E-state index in [1.807, 2.05) is 18.3 Å². The van der Waals surface area contributed by atoms with Crippen molar-refractivity contribution in [1.82, 2.24) is 15.1 Å². The number of aromatic nitrogens is 2. The van der Waals surface area contributed by atoms with Crippen LogP contribution in [0.25, 0.3) is 10.9 Å². The van der Waals surface area contributed by atoms with E-state index in [1.165, 1.54) is 5.57 Å². The Morgan fingerprint density at radius 3 is 3.04 bits per heavy atom. The van der Waals surface area contributed by atoms with E-state index >= 15 is 0 Å². The molecule has 27 heavy (non-hydrogen) atoms. The second-order valence-electron chi connectivity index (χ2n) is 6.72. The summed E-state index contributed by atoms with van der Waals surface area (Å²) in [5.41, 5.74) is 11.0. The molecule has 1 aliphatic rings. The molecule has 3 N–H and O–H groups in total. The van der Waals surface area contributed by atoms with Gasteiger partial charge in [0.2, 0.25) is 0 Å². The molecule has 1 aromatic carbocycles. The number of anilines is 1. The number of nitrogens with one attached hydrogen (secondary N) is 3. The minimum Gasteiger partial charge on any atom is -0.340 e. The summed E-state index contributed by atoms with van der Waals surface area (Å²) < 4.78 is 0. The second kappa shape index (κ2) is 9.23. The van der Waals surface area contributed by atoms with Gasteiger partial charge < -0.3 is 5.32 Å². The molecule has 0 spiro atoms. The molecule has 1 aliphatic heterocycles. The third-order valence-corrected chi connectivity index (χ3v) is 4.89. The van der Waals surface area contributed by atoms with Crippen LogP contribution in [-0.2, 0) is 0 Å². The summed E-state index contributed by atoms with van der Waals surface area (Å²) in [6, 6.07) is 6.07. The van der Waals surface area contributed by atoms with E-state index in [9.17, 15) is 0 Å². The van der Waals surface area contributed by atoms with Crippen LogP contribution in [-0.4, -0.2) is 54.2 Å². The van der Waals surface area contributed by atoms with Gasteiger partial charge in [-0.25, -0.2) is 5.53 Å². The van der Waals surface area contributed by atoms with Crippen molar-refractivity contribution in [3.63, 3.8) is 0 Å². The normalized spacial score (nSPS) is 15.6. The van der Waals surface area contributed by atoms with Gasteiger partial charge in [-0.15, -0.1) is 0 Å². The SMILES string of the molecule is C=C(C1=CCN(CCCCN=N)CC1)C(=NC)Nc1ccc2[nH]ncc2c1. The highest BCUT2D eigenvalue weighted by Gasteiger charge is 2.16. The van der Waals surface area contributed by atoms with Crippen molar-refractivity contribution < 1.29 is 0 Å². The minimum absolute atomic E-state index is 0.637. The number of fused-ring (bicyclic) bond motifs is 1. The Morgan fingerprint density at radius 2 is 2.30 bits per heavy atom. The van der Waals surface area contributed by atoms with Crippen molar-refractivity contribution in [1.29, 1.82) is 5.53 Å². The number of aromatic amines is 1. The second-order valence-corrected chi connectivity index (χ2v) is 6.72. The molecular formula is C20H27N7. The highest BCUT2D eigenvalue weighted by Crippen LogP contribution is 2.22. The molecule has 7 heteroatoms. The number of H-pyrrole nitrogens is 1. The number of unbranched alkanes of at least 4 members (excludes halogenated alkanes) is 1. The lowest BCUT2D eigenvalue weighted by Gasteiger charge is -2.27. The predicted octanol–water partition coefficient (Wildman–Crippen LogP) is 4.00. The van der Waals surface area contributed by atoms with Gasteiger partial charge in [-0.3, -0.25) is 15.0 Å². The van der Waals surface area contributed by atoms with Crippen LogP contribution in [0.1, 0.15) is 19.3 Å². The van der Waals surface area contributed by atoms with Crippen LogP contribution in [0.2, 0.25) is 0 Å². The first-order chi connectivity index (χ1) is 13.2. The molecule has 0 unspecified atom stereocenters. The van der Waals surface area contributed by atoms with Gasteiger partial charge in [0, 0.05) is 36.8 Å². The fourth-order valence-electron chi connectivity index (χ4n) is 3.29. The summed E-state index contributed by atoms with van der Waals surface area (Å²) in [6.45, 7) is 7.94. The zero-order valence-electron chi connectivity index (χ0n) is 15.8. The number of amidine groups is 1. The van der Waals surface area contributed by atoms with Crippen molar-refractivity contribution in [3.05, 3.63) is 48.2 Å². The first kappa shape index (κ1) is 19.0. The maximum Gasteiger partial charge on any atom is 0.132 e. The van der Waals surface area contributed by atoms with Crippen molar-refractivity contribution in [2.75, 3.05) is 38.5 Å². The topological polar surface area (TPSA) is 92.5 Å². The van der Waals surface area contributed by atoms with Gasteiger partial charge in [0.25, 0.3) is 0 Å². The van der Waals surface area contributed by atoms with Crippen molar-refractivity contribution in [2.45, 2.75) is 19.3 Å². The molecule has 0 aliphatic carbocycles. The number of hydrogen-bond donors (Lipinski definition) is 3. The Labute approximate surface area is 159 Å². The lowest BCUT2D eigenvalue weighted by atomic mass is 9.99. The monoisotopic (exact) mass is 365 g/mol. The Bertz CT molecular complexity index is 862. The first-order valence-corrected chi connectivity index (χ1v) is 9.32. The number of hydrogen-bond acceptors (Lipinski definition) is 5. The Hall–Kier alpha value is -2.80. The maximum absolute atomic E-state index is 6.84. The molecule has 142 valence electrons. The fraction of sp³-hybridized carbons (Fsp3) is 0.400. The number of aliphatic imine (C=N–C) groups is 1. The molecule has 0 saturated heterocycles. The van der Waals surface area contributed by atoms with Crippen molar-refractivity contribution in [3.8, 4) is 0 Å². The van der Waals surface area contributed by atoms with Gasteiger partial charge in [-0.1, -0.05) is 12.7 Å². The molecule has 0 bridgehead atoms. The summed E-state index contributed by atoms with van der Waals surface area (Å²) in [4.78, 5) is 6.85. The summed E-state index contributed by atoms with van der Waals surface area (Å²) >= 11 is 0. The van der Waals surface area contributed by atoms with E-state index < -0.39 is 0 Å². The number of rotatable bonds is 8. The molecule has 0 atom stereocenters. The molecule has 0 fully saturated rings. The molecule has 3 rings (SSSR count). The van der Waals surface area contributed by atoms with Gasteiger partial charge in [0.05, 0.1) is 18.3 Å². The van der Waals surface area contributed by atoms with Gasteiger partial charge in [0.1, 0.15) is 5.84 Å². The zero-order chi connectivity index (χ0) is 19.1. The van der Waals surface area contributed by atoms with Gasteiger partial charge in [-0.05, 0) is 49.6 Å². The van der Waals surface area contributed by atoms with Crippen molar-refractivity contribution >= 4 is 22.4 Å². The average Bonchev–Trinajstić information content (AvgIpc) is 3.17. The van der Waals surface area contributed by atoms with Crippen LogP contribution in [0.5, 0.6) is 0 Å². The summed E-state index contributed by atoms with van der Waals surface area (Å²) in [7, 11) is 1.79. The smallest absolute Gasteiger partial charge is 0.132 e. The molecule has 0 radical (unpaired) electrons. The molecule has 0 amide bonds. The highest BCUT2D eigenvalue weighted by atomic mass is 15.1. The van der Waals surface area contributed by atoms with Gasteiger partial charge >= 0.3 is 0 Å².